The maximum atomic E-state index is 11.7. The summed E-state index contributed by atoms with van der Waals surface area (Å²) in [5, 5.41) is 8.57. The summed E-state index contributed by atoms with van der Waals surface area (Å²) in [7, 11) is 0. The maximum Gasteiger partial charge on any atom is 0.251 e. The van der Waals surface area contributed by atoms with Crippen LogP contribution in [0.15, 0.2) is 18.2 Å². The molecule has 0 atom stereocenters. The Labute approximate surface area is 118 Å². The minimum atomic E-state index is -0.155. The van der Waals surface area contributed by atoms with Crippen LogP contribution in [0.5, 0.6) is 0 Å². The highest BCUT2D eigenvalue weighted by molar-refractivity contribution is 5.96. The zero-order valence-electron chi connectivity index (χ0n) is 11.5. The molecule has 0 unspecified atom stereocenters. The summed E-state index contributed by atoms with van der Waals surface area (Å²) in [4.78, 5) is 23.2. The summed E-state index contributed by atoms with van der Waals surface area (Å²) < 4.78 is 0. The molecule has 0 heterocycles. The standard InChI is InChI=1S/C14H20N4O2/c1-2-16-14(20)9-3-6-12(11(15)7-9)17-8-13(19)18-10-4-5-10/h3,6-7,10,17H,2,4-5,8,15H2,1H3,(H,16,20)(H,18,19). The van der Waals surface area contributed by atoms with Gasteiger partial charge in [-0.15, -0.1) is 0 Å². The molecule has 108 valence electrons. The van der Waals surface area contributed by atoms with Gasteiger partial charge in [-0.1, -0.05) is 0 Å². The average Bonchev–Trinajstić information content (AvgIpc) is 3.21. The molecule has 0 aliphatic heterocycles. The number of anilines is 2. The van der Waals surface area contributed by atoms with Crippen molar-refractivity contribution in [1.29, 1.82) is 0 Å². The van der Waals surface area contributed by atoms with Crippen LogP contribution in [0.1, 0.15) is 30.1 Å². The van der Waals surface area contributed by atoms with Crippen molar-refractivity contribution in [1.82, 2.24) is 10.6 Å². The fourth-order valence-corrected chi connectivity index (χ4v) is 1.81. The topological polar surface area (TPSA) is 96.2 Å². The Morgan fingerprint density at radius 1 is 1.35 bits per heavy atom. The van der Waals surface area contributed by atoms with Crippen molar-refractivity contribution < 1.29 is 9.59 Å². The quantitative estimate of drug-likeness (QED) is 0.575. The predicted octanol–water partition coefficient (Wildman–Crippen LogP) is 0.709. The molecule has 1 fully saturated rings. The molecule has 1 aromatic carbocycles. The number of rotatable bonds is 6. The zero-order chi connectivity index (χ0) is 14.5. The van der Waals surface area contributed by atoms with Crippen LogP contribution in [0.2, 0.25) is 0 Å². The maximum absolute atomic E-state index is 11.7. The first-order valence-corrected chi connectivity index (χ1v) is 6.81. The van der Waals surface area contributed by atoms with E-state index < -0.39 is 0 Å². The Balaban J connectivity index is 1.91. The third-order valence-electron chi connectivity index (χ3n) is 3.03. The fourth-order valence-electron chi connectivity index (χ4n) is 1.81. The number of hydrogen-bond acceptors (Lipinski definition) is 4. The van der Waals surface area contributed by atoms with E-state index in [1.54, 1.807) is 18.2 Å². The van der Waals surface area contributed by atoms with Gasteiger partial charge in [-0.25, -0.2) is 0 Å². The average molecular weight is 276 g/mol. The fraction of sp³-hybridized carbons (Fsp3) is 0.429. The summed E-state index contributed by atoms with van der Waals surface area (Å²) in [6.45, 7) is 2.61. The van der Waals surface area contributed by atoms with E-state index in [2.05, 4.69) is 16.0 Å². The number of benzene rings is 1. The second kappa shape index (κ2) is 6.27. The van der Waals surface area contributed by atoms with Crippen LogP contribution >= 0.6 is 0 Å². The van der Waals surface area contributed by atoms with Crippen molar-refractivity contribution in [3.63, 3.8) is 0 Å². The first kappa shape index (κ1) is 14.2. The number of hydrogen-bond donors (Lipinski definition) is 4. The van der Waals surface area contributed by atoms with Gasteiger partial charge in [-0.3, -0.25) is 9.59 Å². The highest BCUT2D eigenvalue weighted by Gasteiger charge is 2.22. The van der Waals surface area contributed by atoms with Gasteiger partial charge >= 0.3 is 0 Å². The van der Waals surface area contributed by atoms with Gasteiger partial charge in [-0.05, 0) is 38.0 Å². The molecular formula is C14H20N4O2. The summed E-state index contributed by atoms with van der Waals surface area (Å²) >= 11 is 0. The monoisotopic (exact) mass is 276 g/mol. The van der Waals surface area contributed by atoms with E-state index in [4.69, 9.17) is 5.73 Å². The highest BCUT2D eigenvalue weighted by Crippen LogP contribution is 2.20. The lowest BCUT2D eigenvalue weighted by Crippen LogP contribution is -2.31. The molecule has 6 nitrogen and oxygen atoms in total. The van der Waals surface area contributed by atoms with Crippen LogP contribution in [-0.4, -0.2) is 30.9 Å². The smallest absolute Gasteiger partial charge is 0.251 e. The predicted molar refractivity (Wildman–Crippen MR) is 78.5 cm³/mol. The second-order valence-electron chi connectivity index (χ2n) is 4.86. The third-order valence-corrected chi connectivity index (χ3v) is 3.03. The van der Waals surface area contributed by atoms with Crippen molar-refractivity contribution in [2.75, 3.05) is 24.1 Å². The molecule has 0 bridgehead atoms. The molecule has 0 radical (unpaired) electrons. The SMILES string of the molecule is CCNC(=O)c1ccc(NCC(=O)NC2CC2)c(N)c1. The first-order chi connectivity index (χ1) is 9.60. The molecule has 2 amide bonds. The Morgan fingerprint density at radius 2 is 2.10 bits per heavy atom. The molecule has 6 heteroatoms. The van der Waals surface area contributed by atoms with Crippen molar-refractivity contribution in [2.45, 2.75) is 25.8 Å². The molecule has 1 aromatic rings. The van der Waals surface area contributed by atoms with E-state index in [9.17, 15) is 9.59 Å². The number of carbonyl (C=O) groups is 2. The Hall–Kier alpha value is -2.24. The normalized spacial score (nSPS) is 13.7. The van der Waals surface area contributed by atoms with E-state index in [1.807, 2.05) is 6.92 Å². The largest absolute Gasteiger partial charge is 0.397 e. The van der Waals surface area contributed by atoms with Gasteiger partial charge in [0.05, 0.1) is 17.9 Å². The number of amides is 2. The Morgan fingerprint density at radius 3 is 2.70 bits per heavy atom. The zero-order valence-corrected chi connectivity index (χ0v) is 11.5. The van der Waals surface area contributed by atoms with Gasteiger partial charge in [0, 0.05) is 18.2 Å². The Kier molecular flexibility index (Phi) is 4.45. The van der Waals surface area contributed by atoms with E-state index in [1.165, 1.54) is 0 Å². The molecular weight excluding hydrogens is 256 g/mol. The minimum Gasteiger partial charge on any atom is -0.397 e. The summed E-state index contributed by atoms with van der Waals surface area (Å²) in [6, 6.07) is 5.35. The molecule has 1 aliphatic rings. The molecule has 0 spiro atoms. The van der Waals surface area contributed by atoms with Gasteiger partial charge in [0.2, 0.25) is 5.91 Å². The van der Waals surface area contributed by atoms with Crippen LogP contribution in [0, 0.1) is 0 Å². The summed E-state index contributed by atoms with van der Waals surface area (Å²) in [5.41, 5.74) is 7.50. The van der Waals surface area contributed by atoms with Crippen molar-refractivity contribution >= 4 is 23.2 Å². The van der Waals surface area contributed by atoms with Crippen LogP contribution in [0.25, 0.3) is 0 Å². The van der Waals surface area contributed by atoms with Crippen molar-refractivity contribution in [3.8, 4) is 0 Å². The van der Waals surface area contributed by atoms with E-state index in [0.29, 0.717) is 29.5 Å². The minimum absolute atomic E-state index is 0.0419. The highest BCUT2D eigenvalue weighted by atomic mass is 16.2. The van der Waals surface area contributed by atoms with Gasteiger partial charge in [-0.2, -0.15) is 0 Å². The first-order valence-electron chi connectivity index (χ1n) is 6.81. The number of nitrogen functional groups attached to an aromatic ring is 1. The van der Waals surface area contributed by atoms with E-state index >= 15 is 0 Å². The lowest BCUT2D eigenvalue weighted by atomic mass is 10.1. The number of nitrogens with one attached hydrogen (secondary N) is 3. The van der Waals surface area contributed by atoms with Crippen LogP contribution in [-0.2, 0) is 4.79 Å². The lowest BCUT2D eigenvalue weighted by molar-refractivity contribution is -0.119. The molecule has 1 aliphatic carbocycles. The molecule has 2 rings (SSSR count). The Bertz CT molecular complexity index is 512. The van der Waals surface area contributed by atoms with Crippen molar-refractivity contribution in [2.24, 2.45) is 0 Å². The van der Waals surface area contributed by atoms with Crippen molar-refractivity contribution in [3.05, 3.63) is 23.8 Å². The molecule has 5 N–H and O–H groups in total. The van der Waals surface area contributed by atoms with Gasteiger partial charge in [0.15, 0.2) is 0 Å². The molecule has 1 saturated carbocycles. The lowest BCUT2D eigenvalue weighted by Gasteiger charge is -2.11. The summed E-state index contributed by atoms with van der Waals surface area (Å²) in [5.74, 6) is -0.197. The van der Waals surface area contributed by atoms with Crippen LogP contribution in [0.3, 0.4) is 0 Å². The van der Waals surface area contributed by atoms with Crippen LogP contribution < -0.4 is 21.7 Å². The molecule has 20 heavy (non-hydrogen) atoms. The van der Waals surface area contributed by atoms with Gasteiger partial charge < -0.3 is 21.7 Å². The van der Waals surface area contributed by atoms with Gasteiger partial charge in [0.1, 0.15) is 0 Å². The summed E-state index contributed by atoms with van der Waals surface area (Å²) in [6.07, 6.45) is 2.13. The molecule has 0 saturated heterocycles. The third kappa shape index (κ3) is 3.88. The second-order valence-corrected chi connectivity index (χ2v) is 4.86. The van der Waals surface area contributed by atoms with Crippen LogP contribution in [0.4, 0.5) is 11.4 Å². The molecule has 0 aromatic heterocycles. The van der Waals surface area contributed by atoms with E-state index in [0.717, 1.165) is 12.8 Å². The van der Waals surface area contributed by atoms with Gasteiger partial charge in [0.25, 0.3) is 5.91 Å². The van der Waals surface area contributed by atoms with E-state index in [-0.39, 0.29) is 18.4 Å². The number of nitrogens with two attached hydrogens (primary N) is 1. The number of carbonyl (C=O) groups excluding carboxylic acids is 2.